The minimum absolute atomic E-state index is 0.618. The Morgan fingerprint density at radius 2 is 0.885 bits per heavy atom. The molecule has 0 aliphatic heterocycles. The van der Waals surface area contributed by atoms with Crippen LogP contribution in [0.3, 0.4) is 0 Å². The largest absolute Gasteiger partial charge is 0.309 e. The Hall–Kier alpha value is -6.62. The van der Waals surface area contributed by atoms with E-state index in [0.717, 1.165) is 65.5 Å². The lowest BCUT2D eigenvalue weighted by Crippen LogP contribution is -2.00. The number of aromatic nitrogens is 4. The van der Waals surface area contributed by atoms with E-state index in [1.165, 1.54) is 16.3 Å². The summed E-state index contributed by atoms with van der Waals surface area (Å²) in [6.07, 6.45) is 0. The third kappa shape index (κ3) is 5.20. The number of fused-ring (bicyclic) bond motifs is 5. The van der Waals surface area contributed by atoms with Crippen LogP contribution in [0.25, 0.3) is 94.3 Å². The zero-order valence-corrected chi connectivity index (χ0v) is 28.7. The van der Waals surface area contributed by atoms with E-state index >= 15 is 0 Å². The van der Waals surface area contributed by atoms with E-state index in [4.69, 9.17) is 26.6 Å². The number of hydrogen-bond donors (Lipinski definition) is 0. The van der Waals surface area contributed by atoms with Crippen LogP contribution in [0.1, 0.15) is 0 Å². The van der Waals surface area contributed by atoms with Gasteiger partial charge in [-0.3, -0.25) is 0 Å². The van der Waals surface area contributed by atoms with Crippen molar-refractivity contribution in [2.24, 2.45) is 0 Å². The summed E-state index contributed by atoms with van der Waals surface area (Å²) >= 11 is 6.60. The van der Waals surface area contributed by atoms with E-state index in [1.54, 1.807) is 0 Å². The summed E-state index contributed by atoms with van der Waals surface area (Å²) in [6.45, 7) is 0. The van der Waals surface area contributed by atoms with Crippen LogP contribution in [0.15, 0.2) is 176 Å². The molecule has 0 unspecified atom stereocenters. The minimum Gasteiger partial charge on any atom is -0.309 e. The highest BCUT2D eigenvalue weighted by molar-refractivity contribution is 6.32. The molecule has 8 aromatic carbocycles. The lowest BCUT2D eigenvalue weighted by Gasteiger charge is -2.14. The van der Waals surface area contributed by atoms with Crippen molar-refractivity contribution < 1.29 is 0 Å². The van der Waals surface area contributed by atoms with Crippen LogP contribution in [0, 0.1) is 0 Å². The topological polar surface area (TPSA) is 43.6 Å². The first-order chi connectivity index (χ1) is 25.7. The van der Waals surface area contributed by atoms with Crippen molar-refractivity contribution in [3.05, 3.63) is 181 Å². The van der Waals surface area contributed by atoms with Gasteiger partial charge in [0.15, 0.2) is 17.5 Å². The second-order valence-electron chi connectivity index (χ2n) is 13.0. The van der Waals surface area contributed by atoms with Gasteiger partial charge in [-0.2, -0.15) is 0 Å². The van der Waals surface area contributed by atoms with Crippen LogP contribution in [-0.4, -0.2) is 19.5 Å². The molecular formula is C47H29ClN4. The maximum absolute atomic E-state index is 6.60. The average Bonchev–Trinajstić information content (AvgIpc) is 3.52. The van der Waals surface area contributed by atoms with Crippen LogP contribution in [-0.2, 0) is 0 Å². The monoisotopic (exact) mass is 684 g/mol. The van der Waals surface area contributed by atoms with Gasteiger partial charge in [-0.15, -0.1) is 0 Å². The Morgan fingerprint density at radius 3 is 1.62 bits per heavy atom. The molecule has 0 aliphatic carbocycles. The molecule has 2 aromatic heterocycles. The van der Waals surface area contributed by atoms with Crippen molar-refractivity contribution in [3.63, 3.8) is 0 Å². The summed E-state index contributed by atoms with van der Waals surface area (Å²) in [5.41, 5.74) is 8.39. The maximum atomic E-state index is 6.60. The van der Waals surface area contributed by atoms with Crippen LogP contribution in [0.4, 0.5) is 0 Å². The molecule has 244 valence electrons. The Labute approximate surface area is 305 Å². The predicted octanol–water partition coefficient (Wildman–Crippen LogP) is 12.6. The molecule has 0 radical (unpaired) electrons. The van der Waals surface area contributed by atoms with Gasteiger partial charge in [0, 0.05) is 37.9 Å². The lowest BCUT2D eigenvalue weighted by atomic mass is 10.0. The smallest absolute Gasteiger partial charge is 0.164 e. The van der Waals surface area contributed by atoms with E-state index in [0.29, 0.717) is 17.5 Å². The quantitative estimate of drug-likeness (QED) is 0.181. The molecule has 0 atom stereocenters. The van der Waals surface area contributed by atoms with Crippen molar-refractivity contribution in [2.75, 3.05) is 0 Å². The molecule has 0 bridgehead atoms. The van der Waals surface area contributed by atoms with Crippen molar-refractivity contribution >= 4 is 55.0 Å². The fraction of sp³-hybridized carbons (Fsp3) is 0. The summed E-state index contributed by atoms with van der Waals surface area (Å²) in [6, 6.07) is 61.1. The summed E-state index contributed by atoms with van der Waals surface area (Å²) < 4.78 is 2.36. The van der Waals surface area contributed by atoms with E-state index < -0.39 is 0 Å². The SMILES string of the molecule is Clc1ccc2c(c1)c1cc3ccccc3cc1n2-c1cccc2ccc(-c3nc(-c4ccccc4)nc(-c4ccc(-c5ccccc5)cc4)n3)cc12. The highest BCUT2D eigenvalue weighted by Crippen LogP contribution is 2.39. The molecule has 10 rings (SSSR count). The molecule has 52 heavy (non-hydrogen) atoms. The van der Waals surface area contributed by atoms with Crippen molar-refractivity contribution in [3.8, 4) is 51.0 Å². The number of hydrogen-bond acceptors (Lipinski definition) is 3. The first-order valence-electron chi connectivity index (χ1n) is 17.3. The lowest BCUT2D eigenvalue weighted by molar-refractivity contribution is 1.07. The summed E-state index contributed by atoms with van der Waals surface area (Å²) in [5.74, 6) is 1.88. The minimum atomic E-state index is 0.618. The standard InChI is InChI=1S/C47H29ClN4/c48-38-24-25-43-41(29-38)40-26-35-14-7-8-15-36(35)28-44(40)52(43)42-17-9-16-32-20-23-37(27-39(32)42)47-50-45(33-12-5-2-6-13-33)49-46(51-47)34-21-18-31(19-22-34)30-10-3-1-4-11-30/h1-29H. The van der Waals surface area contributed by atoms with Gasteiger partial charge in [0.05, 0.1) is 16.7 Å². The number of rotatable bonds is 5. The molecule has 5 heteroatoms. The fourth-order valence-corrected chi connectivity index (χ4v) is 7.49. The average molecular weight is 685 g/mol. The molecule has 0 amide bonds. The summed E-state index contributed by atoms with van der Waals surface area (Å²) in [7, 11) is 0. The molecule has 0 spiro atoms. The van der Waals surface area contributed by atoms with Gasteiger partial charge in [-0.1, -0.05) is 145 Å². The van der Waals surface area contributed by atoms with Gasteiger partial charge in [-0.05, 0) is 69.8 Å². The predicted molar refractivity (Wildman–Crippen MR) is 216 cm³/mol. The van der Waals surface area contributed by atoms with Crippen molar-refractivity contribution in [1.29, 1.82) is 0 Å². The Bertz CT molecular complexity index is 2950. The highest BCUT2D eigenvalue weighted by Gasteiger charge is 2.18. The van der Waals surface area contributed by atoms with Crippen LogP contribution >= 0.6 is 11.6 Å². The van der Waals surface area contributed by atoms with E-state index in [9.17, 15) is 0 Å². The summed E-state index contributed by atoms with van der Waals surface area (Å²) in [5, 5.41) is 7.61. The van der Waals surface area contributed by atoms with Gasteiger partial charge in [0.1, 0.15) is 0 Å². The third-order valence-electron chi connectivity index (χ3n) is 9.87. The molecule has 0 fully saturated rings. The first kappa shape index (κ1) is 30.2. The van der Waals surface area contributed by atoms with Gasteiger partial charge in [0.2, 0.25) is 0 Å². The fourth-order valence-electron chi connectivity index (χ4n) is 7.32. The second-order valence-corrected chi connectivity index (χ2v) is 13.5. The molecule has 0 N–H and O–H groups in total. The number of benzene rings is 8. The molecule has 10 aromatic rings. The zero-order chi connectivity index (χ0) is 34.6. The Balaban J connectivity index is 1.17. The van der Waals surface area contributed by atoms with E-state index in [1.807, 2.05) is 42.5 Å². The molecule has 0 aliphatic rings. The van der Waals surface area contributed by atoms with Crippen LogP contribution in [0.5, 0.6) is 0 Å². The van der Waals surface area contributed by atoms with Gasteiger partial charge in [-0.25, -0.2) is 15.0 Å². The van der Waals surface area contributed by atoms with E-state index in [2.05, 4.69) is 138 Å². The van der Waals surface area contributed by atoms with Crippen molar-refractivity contribution in [2.45, 2.75) is 0 Å². The van der Waals surface area contributed by atoms with E-state index in [-0.39, 0.29) is 0 Å². The highest BCUT2D eigenvalue weighted by atomic mass is 35.5. The van der Waals surface area contributed by atoms with Gasteiger partial charge in [0.25, 0.3) is 0 Å². The molecule has 0 saturated carbocycles. The number of halogens is 1. The number of nitrogens with zero attached hydrogens (tertiary/aromatic N) is 4. The normalized spacial score (nSPS) is 11.6. The molecule has 0 saturated heterocycles. The summed E-state index contributed by atoms with van der Waals surface area (Å²) in [4.78, 5) is 15.2. The van der Waals surface area contributed by atoms with Gasteiger partial charge >= 0.3 is 0 Å². The van der Waals surface area contributed by atoms with Crippen LogP contribution in [0.2, 0.25) is 5.02 Å². The Kier molecular flexibility index (Phi) is 7.15. The van der Waals surface area contributed by atoms with Crippen LogP contribution < -0.4 is 0 Å². The maximum Gasteiger partial charge on any atom is 0.164 e. The molecule has 4 nitrogen and oxygen atoms in total. The molecular weight excluding hydrogens is 656 g/mol. The van der Waals surface area contributed by atoms with Gasteiger partial charge < -0.3 is 4.57 Å². The van der Waals surface area contributed by atoms with Crippen molar-refractivity contribution in [1.82, 2.24) is 19.5 Å². The first-order valence-corrected chi connectivity index (χ1v) is 17.7. The Morgan fingerprint density at radius 1 is 0.346 bits per heavy atom. The molecule has 2 heterocycles. The third-order valence-corrected chi connectivity index (χ3v) is 10.1. The second kappa shape index (κ2) is 12.3. The zero-order valence-electron chi connectivity index (χ0n) is 27.9.